The number of carbonyl (C=O) groups excluding carboxylic acids is 5. The van der Waals surface area contributed by atoms with Crippen molar-refractivity contribution >= 4 is 29.8 Å². The van der Waals surface area contributed by atoms with Gasteiger partial charge < -0.3 is 28.4 Å². The highest BCUT2D eigenvalue weighted by atomic mass is 16.7. The summed E-state index contributed by atoms with van der Waals surface area (Å²) in [5.74, 6) is -4.19. The highest BCUT2D eigenvalue weighted by Crippen LogP contribution is 2.32. The van der Waals surface area contributed by atoms with Crippen LogP contribution in [0.2, 0.25) is 0 Å². The van der Waals surface area contributed by atoms with Gasteiger partial charge in [0.2, 0.25) is 12.4 Å². The van der Waals surface area contributed by atoms with E-state index >= 15 is 0 Å². The number of rotatable bonds is 11. The topological polar surface area (TPSA) is 141 Å². The summed E-state index contributed by atoms with van der Waals surface area (Å²) >= 11 is 0. The Morgan fingerprint density at radius 3 is 1.08 bits per heavy atom. The fourth-order valence-corrected chi connectivity index (χ4v) is 5.37. The van der Waals surface area contributed by atoms with Gasteiger partial charge in [0.25, 0.3) is 0 Å². The molecule has 1 fully saturated rings. The Morgan fingerprint density at radius 2 is 0.692 bits per heavy atom. The third-order valence-electron chi connectivity index (χ3n) is 7.97. The fraction of sp³-hybridized carbons (Fsp3) is 0.146. The van der Waals surface area contributed by atoms with Crippen molar-refractivity contribution in [3.8, 4) is 0 Å². The lowest BCUT2D eigenvalue weighted by Gasteiger charge is -2.43. The lowest BCUT2D eigenvalue weighted by molar-refractivity contribution is -0.282. The predicted molar refractivity (Wildman–Crippen MR) is 184 cm³/mol. The molecule has 1 aliphatic rings. The molecule has 0 N–H and O–H groups in total. The van der Waals surface area contributed by atoms with Crippen molar-refractivity contribution in [2.45, 2.75) is 30.7 Å². The quantitative estimate of drug-likeness (QED) is 0.117. The summed E-state index contributed by atoms with van der Waals surface area (Å²) in [5, 5.41) is 0. The zero-order chi connectivity index (χ0) is 36.3. The maximum atomic E-state index is 13.7. The largest absolute Gasteiger partial charge is 0.459 e. The van der Waals surface area contributed by atoms with Crippen LogP contribution in [0.3, 0.4) is 0 Å². The van der Waals surface area contributed by atoms with Crippen molar-refractivity contribution in [1.82, 2.24) is 0 Å². The van der Waals surface area contributed by atoms with Gasteiger partial charge in [0.1, 0.15) is 12.7 Å². The maximum Gasteiger partial charge on any atom is 0.340 e. The van der Waals surface area contributed by atoms with E-state index in [4.69, 9.17) is 28.4 Å². The first kappa shape index (κ1) is 35.2. The van der Waals surface area contributed by atoms with Crippen molar-refractivity contribution in [3.63, 3.8) is 0 Å². The van der Waals surface area contributed by atoms with Crippen LogP contribution >= 0.6 is 0 Å². The molecule has 5 atom stereocenters. The van der Waals surface area contributed by atoms with Crippen LogP contribution in [0.15, 0.2) is 152 Å². The Kier molecular flexibility index (Phi) is 11.4. The highest BCUT2D eigenvalue weighted by molar-refractivity contribution is 5.92. The van der Waals surface area contributed by atoms with Gasteiger partial charge in [0.05, 0.1) is 27.8 Å². The minimum Gasteiger partial charge on any atom is -0.459 e. The highest BCUT2D eigenvalue weighted by Gasteiger charge is 2.54. The number of hydrogen-bond acceptors (Lipinski definition) is 11. The van der Waals surface area contributed by atoms with E-state index < -0.39 is 67.2 Å². The van der Waals surface area contributed by atoms with E-state index in [0.717, 1.165) is 0 Å². The Balaban J connectivity index is 1.41. The molecule has 1 saturated heterocycles. The van der Waals surface area contributed by atoms with Crippen LogP contribution in [0.5, 0.6) is 0 Å². The second-order valence-corrected chi connectivity index (χ2v) is 11.5. The van der Waals surface area contributed by atoms with Gasteiger partial charge in [-0.05, 0) is 60.7 Å². The molecule has 52 heavy (non-hydrogen) atoms. The lowest BCUT2D eigenvalue weighted by atomic mass is 9.97. The van der Waals surface area contributed by atoms with E-state index in [-0.39, 0.29) is 27.8 Å². The van der Waals surface area contributed by atoms with Gasteiger partial charge in [-0.3, -0.25) is 0 Å². The SMILES string of the molecule is O=C(OCC1OC(OC(=O)c2ccccc2)C(OC(=O)c2ccccc2)C(OC(=O)c2ccccc2)[C@@H]1OC(=O)c1ccccc1)c1ccccc1. The summed E-state index contributed by atoms with van der Waals surface area (Å²) in [5.41, 5.74) is 0.762. The zero-order valence-electron chi connectivity index (χ0n) is 27.5. The summed E-state index contributed by atoms with van der Waals surface area (Å²) in [6.45, 7) is -0.557. The fourth-order valence-electron chi connectivity index (χ4n) is 5.37. The van der Waals surface area contributed by atoms with Crippen LogP contribution < -0.4 is 0 Å². The first-order valence-electron chi connectivity index (χ1n) is 16.3. The van der Waals surface area contributed by atoms with Gasteiger partial charge in [-0.2, -0.15) is 0 Å². The summed E-state index contributed by atoms with van der Waals surface area (Å²) in [6, 6.07) is 40.0. The molecule has 0 aliphatic carbocycles. The molecule has 1 aliphatic heterocycles. The van der Waals surface area contributed by atoms with E-state index in [1.165, 1.54) is 48.5 Å². The molecule has 0 spiro atoms. The van der Waals surface area contributed by atoms with E-state index in [2.05, 4.69) is 0 Å². The van der Waals surface area contributed by atoms with Crippen LogP contribution in [0.4, 0.5) is 0 Å². The molecule has 5 aromatic carbocycles. The minimum atomic E-state index is -1.75. The summed E-state index contributed by atoms with van der Waals surface area (Å²) < 4.78 is 35.5. The number of hydrogen-bond donors (Lipinski definition) is 0. The second-order valence-electron chi connectivity index (χ2n) is 11.5. The van der Waals surface area contributed by atoms with Crippen LogP contribution in [0.1, 0.15) is 51.8 Å². The molecular weight excluding hydrogens is 668 g/mol. The Hall–Kier alpha value is -6.59. The van der Waals surface area contributed by atoms with Gasteiger partial charge in [-0.1, -0.05) is 91.0 Å². The van der Waals surface area contributed by atoms with Crippen LogP contribution in [-0.2, 0) is 28.4 Å². The molecule has 0 bridgehead atoms. The molecule has 0 radical (unpaired) electrons. The average molecular weight is 701 g/mol. The van der Waals surface area contributed by atoms with Gasteiger partial charge in [0, 0.05) is 0 Å². The molecule has 11 heteroatoms. The lowest BCUT2D eigenvalue weighted by Crippen LogP contribution is -2.63. The van der Waals surface area contributed by atoms with E-state index in [1.807, 2.05) is 0 Å². The third kappa shape index (κ3) is 8.76. The normalized spacial score (nSPS) is 19.3. The first-order chi connectivity index (χ1) is 25.4. The smallest absolute Gasteiger partial charge is 0.340 e. The predicted octanol–water partition coefficient (Wildman–Crippen LogP) is 6.10. The van der Waals surface area contributed by atoms with Gasteiger partial charge >= 0.3 is 29.8 Å². The molecule has 4 unspecified atom stereocenters. The Bertz CT molecular complexity index is 1970. The molecular formula is C41H32O11. The summed E-state index contributed by atoms with van der Waals surface area (Å²) in [7, 11) is 0. The van der Waals surface area contributed by atoms with Crippen LogP contribution in [0, 0.1) is 0 Å². The average Bonchev–Trinajstić information content (AvgIpc) is 3.20. The minimum absolute atomic E-state index is 0.125. The van der Waals surface area contributed by atoms with Crippen molar-refractivity contribution in [3.05, 3.63) is 179 Å². The molecule has 5 aromatic rings. The van der Waals surface area contributed by atoms with Gasteiger partial charge in [-0.15, -0.1) is 0 Å². The van der Waals surface area contributed by atoms with Gasteiger partial charge in [-0.25, -0.2) is 24.0 Å². The molecule has 0 amide bonds. The molecule has 11 nitrogen and oxygen atoms in total. The number of benzene rings is 5. The molecule has 0 aromatic heterocycles. The van der Waals surface area contributed by atoms with Crippen LogP contribution in [0.25, 0.3) is 0 Å². The van der Waals surface area contributed by atoms with Crippen molar-refractivity contribution < 1.29 is 52.4 Å². The molecule has 262 valence electrons. The Morgan fingerprint density at radius 1 is 0.385 bits per heavy atom. The zero-order valence-corrected chi connectivity index (χ0v) is 27.5. The maximum absolute atomic E-state index is 13.7. The van der Waals surface area contributed by atoms with Gasteiger partial charge in [0.15, 0.2) is 12.2 Å². The number of esters is 5. The van der Waals surface area contributed by atoms with Crippen molar-refractivity contribution in [2.75, 3.05) is 6.61 Å². The number of carbonyl (C=O) groups is 5. The Labute approximate surface area is 298 Å². The summed E-state index contributed by atoms with van der Waals surface area (Å²) in [4.78, 5) is 67.4. The third-order valence-corrected chi connectivity index (χ3v) is 7.97. The molecule has 0 saturated carbocycles. The number of ether oxygens (including phenoxy) is 6. The van der Waals surface area contributed by atoms with Crippen LogP contribution in [-0.4, -0.2) is 67.2 Å². The second kappa shape index (κ2) is 16.9. The first-order valence-corrected chi connectivity index (χ1v) is 16.3. The van der Waals surface area contributed by atoms with E-state index in [9.17, 15) is 24.0 Å². The standard InChI is InChI=1S/C41H32O11/c42-36(27-16-6-1-7-17-27)47-26-32-33(49-37(43)28-18-8-2-9-19-28)34(50-38(44)29-20-10-3-11-21-29)35(51-39(45)30-22-12-4-13-23-30)41(48-32)52-40(46)31-24-14-5-15-25-31/h1-25,32-35,41H,26H2/t32?,33-,34?,35?,41?/m1/s1. The van der Waals surface area contributed by atoms with Crippen molar-refractivity contribution in [2.24, 2.45) is 0 Å². The molecule has 1 heterocycles. The molecule has 6 rings (SSSR count). The van der Waals surface area contributed by atoms with E-state index in [0.29, 0.717) is 0 Å². The van der Waals surface area contributed by atoms with E-state index in [1.54, 1.807) is 103 Å². The van der Waals surface area contributed by atoms with Crippen molar-refractivity contribution in [1.29, 1.82) is 0 Å². The monoisotopic (exact) mass is 700 g/mol. The summed E-state index contributed by atoms with van der Waals surface area (Å²) in [6.07, 6.45) is -8.07.